The van der Waals surface area contributed by atoms with Crippen molar-refractivity contribution < 1.29 is 48.3 Å². The average molecular weight is 760 g/mol. The van der Waals surface area contributed by atoms with Gasteiger partial charge in [0.1, 0.15) is 6.10 Å². The molecule has 0 bridgehead atoms. The number of fused-ring (bicyclic) bond motifs is 1. The highest BCUT2D eigenvalue weighted by molar-refractivity contribution is 6.21. The number of rotatable bonds is 19. The molecule has 0 aromatic heterocycles. The SMILES string of the molecule is CCC(OCc1ccccc1)C(OCc1ccccc1)C(=O)O.O=C(O)C(OCc1ccccc1)C(CN1C(=O)c2ccccc2C1=O)OCc1ccccc1. The van der Waals surface area contributed by atoms with Crippen LogP contribution in [0, 0.1) is 0 Å². The average Bonchev–Trinajstić information content (AvgIpc) is 3.47. The number of hydrogen-bond donors (Lipinski definition) is 2. The van der Waals surface area contributed by atoms with Gasteiger partial charge in [0.2, 0.25) is 0 Å². The van der Waals surface area contributed by atoms with Gasteiger partial charge in [0.05, 0.1) is 50.2 Å². The molecular formula is C45H45NO10. The molecule has 0 aliphatic carbocycles. The Hall–Kier alpha value is -5.98. The highest BCUT2D eigenvalue weighted by Gasteiger charge is 2.40. The number of carbonyl (C=O) groups excluding carboxylic acids is 2. The van der Waals surface area contributed by atoms with Crippen LogP contribution in [0.2, 0.25) is 0 Å². The molecule has 11 nitrogen and oxygen atoms in total. The molecule has 0 saturated carbocycles. The van der Waals surface area contributed by atoms with Crippen molar-refractivity contribution in [1.29, 1.82) is 0 Å². The minimum atomic E-state index is -1.39. The lowest BCUT2D eigenvalue weighted by Crippen LogP contribution is -2.47. The second-order valence-electron chi connectivity index (χ2n) is 13.0. The predicted octanol–water partition coefficient (Wildman–Crippen LogP) is 7.19. The van der Waals surface area contributed by atoms with Crippen molar-refractivity contribution in [3.8, 4) is 0 Å². The van der Waals surface area contributed by atoms with Gasteiger partial charge in [0.25, 0.3) is 11.8 Å². The maximum Gasteiger partial charge on any atom is 0.335 e. The lowest BCUT2D eigenvalue weighted by atomic mass is 10.1. The van der Waals surface area contributed by atoms with Crippen LogP contribution in [0.4, 0.5) is 0 Å². The summed E-state index contributed by atoms with van der Waals surface area (Å²) in [6.07, 6.45) is -3.37. The lowest BCUT2D eigenvalue weighted by molar-refractivity contribution is -0.166. The van der Waals surface area contributed by atoms with E-state index < -0.39 is 48.2 Å². The molecule has 11 heteroatoms. The number of amides is 2. The lowest BCUT2D eigenvalue weighted by Gasteiger charge is -2.28. The quantitative estimate of drug-likeness (QED) is 0.0829. The third kappa shape index (κ3) is 11.8. The zero-order valence-electron chi connectivity index (χ0n) is 31.0. The van der Waals surface area contributed by atoms with Gasteiger partial charge in [-0.15, -0.1) is 0 Å². The first-order valence-electron chi connectivity index (χ1n) is 18.3. The van der Waals surface area contributed by atoms with Gasteiger partial charge >= 0.3 is 11.9 Å². The van der Waals surface area contributed by atoms with Crippen molar-refractivity contribution in [3.05, 3.63) is 179 Å². The van der Waals surface area contributed by atoms with Gasteiger partial charge in [0, 0.05) is 0 Å². The van der Waals surface area contributed by atoms with Crippen molar-refractivity contribution >= 4 is 23.8 Å². The minimum Gasteiger partial charge on any atom is -0.479 e. The van der Waals surface area contributed by atoms with E-state index in [1.165, 1.54) is 0 Å². The van der Waals surface area contributed by atoms with Gasteiger partial charge in [-0.25, -0.2) is 9.59 Å². The Kier molecular flexibility index (Phi) is 15.6. The molecule has 1 aliphatic rings. The van der Waals surface area contributed by atoms with E-state index in [-0.39, 0.29) is 26.4 Å². The summed E-state index contributed by atoms with van der Waals surface area (Å²) in [5.74, 6) is -3.19. The molecule has 5 aromatic carbocycles. The van der Waals surface area contributed by atoms with Crippen LogP contribution in [-0.4, -0.2) is 69.8 Å². The standard InChI is InChI=1S/C26H23NO6.C19H22O4/c28-24-20-13-7-8-14-21(20)25(29)27(24)15-22(32-16-18-9-3-1-4-10-18)23(26(30)31)33-17-19-11-5-2-6-12-19;1-2-17(22-13-15-9-5-3-6-10-15)18(19(20)21)23-14-16-11-7-4-8-12-16/h1-14,22-23H,15-17H2,(H,30,31);3-12,17-18H,2,13-14H2,1H3,(H,20,21). The molecular weight excluding hydrogens is 714 g/mol. The fourth-order valence-corrected chi connectivity index (χ4v) is 5.99. The largest absolute Gasteiger partial charge is 0.479 e. The molecule has 0 saturated heterocycles. The predicted molar refractivity (Wildman–Crippen MR) is 207 cm³/mol. The number of hydrogen-bond acceptors (Lipinski definition) is 8. The smallest absolute Gasteiger partial charge is 0.335 e. The van der Waals surface area contributed by atoms with Crippen LogP contribution in [0.1, 0.15) is 56.3 Å². The molecule has 290 valence electrons. The second-order valence-corrected chi connectivity index (χ2v) is 13.0. The molecule has 4 atom stereocenters. The van der Waals surface area contributed by atoms with Crippen molar-refractivity contribution in [2.24, 2.45) is 0 Å². The Labute approximate surface area is 326 Å². The van der Waals surface area contributed by atoms with Crippen LogP contribution in [-0.2, 0) is 55.0 Å². The summed E-state index contributed by atoms with van der Waals surface area (Å²) in [5, 5.41) is 19.3. The Balaban J connectivity index is 0.000000229. The first-order valence-corrected chi connectivity index (χ1v) is 18.3. The van der Waals surface area contributed by atoms with Crippen LogP contribution < -0.4 is 0 Å². The van der Waals surface area contributed by atoms with Crippen molar-refractivity contribution in [2.75, 3.05) is 6.54 Å². The van der Waals surface area contributed by atoms with Crippen LogP contribution in [0.25, 0.3) is 0 Å². The van der Waals surface area contributed by atoms with Crippen molar-refractivity contribution in [2.45, 2.75) is 64.2 Å². The number of ether oxygens (including phenoxy) is 4. The maximum absolute atomic E-state index is 12.8. The number of aliphatic carboxylic acids is 2. The molecule has 1 heterocycles. The zero-order chi connectivity index (χ0) is 39.7. The first-order chi connectivity index (χ1) is 27.2. The molecule has 2 amide bonds. The van der Waals surface area contributed by atoms with E-state index in [1.54, 1.807) is 24.3 Å². The second kappa shape index (κ2) is 21.2. The molecule has 56 heavy (non-hydrogen) atoms. The third-order valence-corrected chi connectivity index (χ3v) is 8.96. The zero-order valence-corrected chi connectivity index (χ0v) is 31.0. The molecule has 4 unspecified atom stereocenters. The van der Waals surface area contributed by atoms with E-state index in [0.717, 1.165) is 27.2 Å². The number of nitrogens with zero attached hydrogens (tertiary/aromatic N) is 1. The fraction of sp³-hybridized carbons (Fsp3) is 0.244. The van der Waals surface area contributed by atoms with Crippen LogP contribution in [0.3, 0.4) is 0 Å². The Morgan fingerprint density at radius 3 is 1.12 bits per heavy atom. The van der Waals surface area contributed by atoms with E-state index >= 15 is 0 Å². The number of carboxylic acid groups (broad SMARTS) is 2. The van der Waals surface area contributed by atoms with E-state index in [9.17, 15) is 29.4 Å². The number of imide groups is 1. The summed E-state index contributed by atoms with van der Waals surface area (Å²) in [6.45, 7) is 2.43. The monoisotopic (exact) mass is 759 g/mol. The van der Waals surface area contributed by atoms with Crippen LogP contribution >= 0.6 is 0 Å². The summed E-state index contributed by atoms with van der Waals surface area (Å²) in [6, 6.07) is 44.2. The van der Waals surface area contributed by atoms with E-state index in [2.05, 4.69) is 0 Å². The Morgan fingerprint density at radius 2 is 0.786 bits per heavy atom. The number of carboxylic acids is 2. The molecule has 6 rings (SSSR count). The third-order valence-electron chi connectivity index (χ3n) is 8.96. The Bertz CT molecular complexity index is 1960. The van der Waals surface area contributed by atoms with Gasteiger partial charge < -0.3 is 29.2 Å². The highest BCUT2D eigenvalue weighted by Crippen LogP contribution is 2.25. The summed E-state index contributed by atoms with van der Waals surface area (Å²) in [4.78, 5) is 50.4. The van der Waals surface area contributed by atoms with Gasteiger partial charge in [-0.1, -0.05) is 140 Å². The molecule has 1 aliphatic heterocycles. The summed E-state index contributed by atoms with van der Waals surface area (Å²) in [5.41, 5.74) is 4.17. The minimum absolute atomic E-state index is 0.0467. The first kappa shape index (κ1) is 41.2. The summed E-state index contributed by atoms with van der Waals surface area (Å²) >= 11 is 0. The molecule has 0 radical (unpaired) electrons. The Morgan fingerprint density at radius 1 is 0.482 bits per heavy atom. The van der Waals surface area contributed by atoms with E-state index in [4.69, 9.17) is 18.9 Å². The van der Waals surface area contributed by atoms with Crippen molar-refractivity contribution in [3.63, 3.8) is 0 Å². The molecule has 5 aromatic rings. The fourth-order valence-electron chi connectivity index (χ4n) is 5.99. The van der Waals surface area contributed by atoms with Gasteiger partial charge in [-0.05, 0) is 40.8 Å². The van der Waals surface area contributed by atoms with Crippen molar-refractivity contribution in [1.82, 2.24) is 4.90 Å². The summed E-state index contributed by atoms with van der Waals surface area (Å²) < 4.78 is 23.1. The van der Waals surface area contributed by atoms with E-state index in [0.29, 0.717) is 24.2 Å². The van der Waals surface area contributed by atoms with Gasteiger partial charge in [0.15, 0.2) is 12.2 Å². The van der Waals surface area contributed by atoms with E-state index in [1.807, 2.05) is 128 Å². The van der Waals surface area contributed by atoms with Crippen LogP contribution in [0.15, 0.2) is 146 Å². The molecule has 2 N–H and O–H groups in total. The van der Waals surface area contributed by atoms with Crippen LogP contribution in [0.5, 0.6) is 0 Å². The maximum atomic E-state index is 12.8. The molecule has 0 spiro atoms. The topological polar surface area (TPSA) is 149 Å². The summed E-state index contributed by atoms with van der Waals surface area (Å²) in [7, 11) is 0. The number of benzene rings is 5. The number of carbonyl (C=O) groups is 4. The normalized spacial score (nSPS) is 14.2. The van der Waals surface area contributed by atoms with Gasteiger partial charge in [-0.3, -0.25) is 14.5 Å². The van der Waals surface area contributed by atoms with Gasteiger partial charge in [-0.2, -0.15) is 0 Å². The molecule has 0 fully saturated rings. The highest BCUT2D eigenvalue weighted by atomic mass is 16.6.